The maximum absolute atomic E-state index is 12.6. The van der Waals surface area contributed by atoms with Crippen molar-refractivity contribution in [3.8, 4) is 0 Å². The summed E-state index contributed by atoms with van der Waals surface area (Å²) in [6.07, 6.45) is 0.674. The summed E-state index contributed by atoms with van der Waals surface area (Å²) in [5, 5.41) is 3.26. The number of amides is 1. The molecule has 6 heteroatoms. The van der Waals surface area contributed by atoms with Gasteiger partial charge in [0, 0.05) is 13.1 Å². The third-order valence-corrected chi connectivity index (χ3v) is 3.59. The summed E-state index contributed by atoms with van der Waals surface area (Å²) in [6.45, 7) is 6.72. The van der Waals surface area contributed by atoms with Crippen LogP contribution in [0.1, 0.15) is 27.2 Å². The fraction of sp³-hybridized carbons (Fsp3) is 0.471. The summed E-state index contributed by atoms with van der Waals surface area (Å²) in [4.78, 5) is 37.2. The molecule has 1 aromatic heterocycles. The van der Waals surface area contributed by atoms with Gasteiger partial charge in [-0.1, -0.05) is 32.9 Å². The molecule has 0 unspecified atom stereocenters. The van der Waals surface area contributed by atoms with Crippen LogP contribution in [0.15, 0.2) is 33.9 Å². The lowest BCUT2D eigenvalue weighted by Gasteiger charge is -2.14. The number of para-hydroxylation sites is 1. The van der Waals surface area contributed by atoms with Gasteiger partial charge in [0.15, 0.2) is 0 Å². The lowest BCUT2D eigenvalue weighted by molar-refractivity contribution is -0.121. The Morgan fingerprint density at radius 1 is 1.17 bits per heavy atom. The number of hydrogen-bond donors (Lipinski definition) is 1. The number of carbonyl (C=O) groups excluding carboxylic acids is 1. The minimum absolute atomic E-state index is 0.0872. The molecule has 2 rings (SSSR count). The van der Waals surface area contributed by atoms with E-state index >= 15 is 0 Å². The minimum atomic E-state index is -0.435. The van der Waals surface area contributed by atoms with E-state index in [4.69, 9.17) is 0 Å². The summed E-state index contributed by atoms with van der Waals surface area (Å²) in [7, 11) is 0. The smallest absolute Gasteiger partial charge is 0.331 e. The van der Waals surface area contributed by atoms with Crippen molar-refractivity contribution in [2.75, 3.05) is 6.54 Å². The van der Waals surface area contributed by atoms with Crippen molar-refractivity contribution >= 4 is 16.8 Å². The Bertz CT molecular complexity index is 818. The monoisotopic (exact) mass is 317 g/mol. The molecule has 0 spiro atoms. The van der Waals surface area contributed by atoms with Gasteiger partial charge >= 0.3 is 5.69 Å². The van der Waals surface area contributed by atoms with Crippen LogP contribution < -0.4 is 16.6 Å². The molecule has 0 atom stereocenters. The lowest BCUT2D eigenvalue weighted by Crippen LogP contribution is -2.43. The topological polar surface area (TPSA) is 73.1 Å². The average molecular weight is 317 g/mol. The number of nitrogens with zero attached hydrogens (tertiary/aromatic N) is 2. The van der Waals surface area contributed by atoms with Crippen molar-refractivity contribution in [3.63, 3.8) is 0 Å². The Balaban J connectivity index is 2.51. The fourth-order valence-corrected chi connectivity index (χ4v) is 2.46. The molecule has 0 bridgehead atoms. The zero-order valence-corrected chi connectivity index (χ0v) is 13.8. The van der Waals surface area contributed by atoms with E-state index in [2.05, 4.69) is 5.32 Å². The van der Waals surface area contributed by atoms with Crippen molar-refractivity contribution in [1.82, 2.24) is 14.5 Å². The first kappa shape index (κ1) is 17.0. The molecule has 0 radical (unpaired) electrons. The second-order valence-electron chi connectivity index (χ2n) is 6.04. The van der Waals surface area contributed by atoms with Crippen LogP contribution in [0.25, 0.3) is 10.9 Å². The zero-order valence-electron chi connectivity index (χ0n) is 13.8. The molecule has 2 aromatic rings. The van der Waals surface area contributed by atoms with Crippen molar-refractivity contribution in [2.45, 2.75) is 40.3 Å². The molecule has 0 aliphatic rings. The molecule has 1 amide bonds. The predicted molar refractivity (Wildman–Crippen MR) is 90.6 cm³/mol. The number of rotatable bonds is 6. The Labute approximate surface area is 134 Å². The van der Waals surface area contributed by atoms with Crippen LogP contribution in [0.3, 0.4) is 0 Å². The molecule has 124 valence electrons. The van der Waals surface area contributed by atoms with Gasteiger partial charge in [0.25, 0.3) is 5.56 Å². The van der Waals surface area contributed by atoms with Crippen LogP contribution >= 0.6 is 0 Å². The van der Waals surface area contributed by atoms with E-state index < -0.39 is 5.69 Å². The van der Waals surface area contributed by atoms with Crippen molar-refractivity contribution in [2.24, 2.45) is 5.92 Å². The summed E-state index contributed by atoms with van der Waals surface area (Å²) in [6, 6.07) is 6.90. The zero-order chi connectivity index (χ0) is 17.0. The SMILES string of the molecule is CCCn1c(=O)c2ccccc2n(CC(=O)NCC(C)C)c1=O. The minimum Gasteiger partial charge on any atom is -0.354 e. The summed E-state index contributed by atoms with van der Waals surface area (Å²) in [5.41, 5.74) is -0.240. The molecule has 0 saturated heterocycles. The maximum atomic E-state index is 12.6. The van der Waals surface area contributed by atoms with Crippen molar-refractivity contribution in [1.29, 1.82) is 0 Å². The van der Waals surface area contributed by atoms with Gasteiger partial charge in [0.1, 0.15) is 6.54 Å². The van der Waals surface area contributed by atoms with Gasteiger partial charge in [-0.15, -0.1) is 0 Å². The third-order valence-electron chi connectivity index (χ3n) is 3.59. The molecule has 0 fully saturated rings. The van der Waals surface area contributed by atoms with Gasteiger partial charge in [-0.3, -0.25) is 18.7 Å². The number of fused-ring (bicyclic) bond motifs is 1. The van der Waals surface area contributed by atoms with Crippen LogP contribution in [-0.2, 0) is 17.9 Å². The molecule has 23 heavy (non-hydrogen) atoms. The maximum Gasteiger partial charge on any atom is 0.331 e. The van der Waals surface area contributed by atoms with Crippen LogP contribution in [0, 0.1) is 5.92 Å². The van der Waals surface area contributed by atoms with E-state index in [1.165, 1.54) is 9.13 Å². The van der Waals surface area contributed by atoms with E-state index in [1.54, 1.807) is 24.3 Å². The summed E-state index contributed by atoms with van der Waals surface area (Å²) in [5.74, 6) is 0.106. The highest BCUT2D eigenvalue weighted by molar-refractivity contribution is 5.81. The Morgan fingerprint density at radius 3 is 2.52 bits per heavy atom. The fourth-order valence-electron chi connectivity index (χ4n) is 2.46. The quantitative estimate of drug-likeness (QED) is 0.874. The second-order valence-corrected chi connectivity index (χ2v) is 6.04. The van der Waals surface area contributed by atoms with Gasteiger partial charge in [-0.2, -0.15) is 0 Å². The van der Waals surface area contributed by atoms with Crippen LogP contribution in [0.2, 0.25) is 0 Å². The van der Waals surface area contributed by atoms with E-state index in [0.29, 0.717) is 36.3 Å². The highest BCUT2D eigenvalue weighted by Gasteiger charge is 2.14. The van der Waals surface area contributed by atoms with Crippen molar-refractivity contribution in [3.05, 3.63) is 45.1 Å². The number of aromatic nitrogens is 2. The summed E-state index contributed by atoms with van der Waals surface area (Å²) < 4.78 is 2.58. The first-order valence-electron chi connectivity index (χ1n) is 7.94. The molecule has 1 heterocycles. The van der Waals surface area contributed by atoms with Crippen LogP contribution in [0.5, 0.6) is 0 Å². The molecule has 0 aliphatic carbocycles. The largest absolute Gasteiger partial charge is 0.354 e. The first-order valence-corrected chi connectivity index (χ1v) is 7.94. The molecule has 1 N–H and O–H groups in total. The van der Waals surface area contributed by atoms with Gasteiger partial charge in [0.05, 0.1) is 10.9 Å². The molecular weight excluding hydrogens is 294 g/mol. The highest BCUT2D eigenvalue weighted by atomic mass is 16.2. The lowest BCUT2D eigenvalue weighted by atomic mass is 10.2. The van der Waals surface area contributed by atoms with E-state index in [-0.39, 0.29) is 18.0 Å². The molecular formula is C17H23N3O3. The van der Waals surface area contributed by atoms with E-state index in [9.17, 15) is 14.4 Å². The van der Waals surface area contributed by atoms with Crippen molar-refractivity contribution < 1.29 is 4.79 Å². The Kier molecular flexibility index (Phi) is 5.36. The molecule has 6 nitrogen and oxygen atoms in total. The normalized spacial score (nSPS) is 11.1. The number of benzene rings is 1. The Hall–Kier alpha value is -2.37. The summed E-state index contributed by atoms with van der Waals surface area (Å²) >= 11 is 0. The number of hydrogen-bond acceptors (Lipinski definition) is 3. The third kappa shape index (κ3) is 3.70. The van der Waals surface area contributed by atoms with Gasteiger partial charge in [0.2, 0.25) is 5.91 Å². The first-order chi connectivity index (χ1) is 11.0. The molecule has 1 aromatic carbocycles. The standard InChI is InChI=1S/C17H23N3O3/c1-4-9-19-16(22)13-7-5-6-8-14(13)20(17(19)23)11-15(21)18-10-12(2)3/h5-8,12H,4,9-11H2,1-3H3,(H,18,21). The average Bonchev–Trinajstić information content (AvgIpc) is 2.53. The second kappa shape index (κ2) is 7.26. The predicted octanol–water partition coefficient (Wildman–Crippen LogP) is 1.35. The van der Waals surface area contributed by atoms with Crippen LogP contribution in [0.4, 0.5) is 0 Å². The Morgan fingerprint density at radius 2 is 1.87 bits per heavy atom. The van der Waals surface area contributed by atoms with E-state index in [0.717, 1.165) is 0 Å². The molecule has 0 saturated carbocycles. The van der Waals surface area contributed by atoms with E-state index in [1.807, 2.05) is 20.8 Å². The number of carbonyl (C=O) groups is 1. The van der Waals surface area contributed by atoms with Crippen LogP contribution in [-0.4, -0.2) is 21.6 Å². The van der Waals surface area contributed by atoms with Gasteiger partial charge in [-0.05, 0) is 24.5 Å². The highest BCUT2D eigenvalue weighted by Crippen LogP contribution is 2.07. The van der Waals surface area contributed by atoms with Gasteiger partial charge in [-0.25, -0.2) is 4.79 Å². The molecule has 0 aliphatic heterocycles. The van der Waals surface area contributed by atoms with Gasteiger partial charge < -0.3 is 5.32 Å². The number of nitrogens with one attached hydrogen (secondary N) is 1.